The summed E-state index contributed by atoms with van der Waals surface area (Å²) in [5, 5.41) is 0. The molecule has 0 unspecified atom stereocenters. The van der Waals surface area contributed by atoms with Gasteiger partial charge in [0.05, 0.1) is 7.11 Å². The summed E-state index contributed by atoms with van der Waals surface area (Å²) >= 11 is 3.25. The molecule has 0 bridgehead atoms. The highest BCUT2D eigenvalue weighted by Crippen LogP contribution is 2.36. The van der Waals surface area contributed by atoms with Crippen molar-refractivity contribution in [2.24, 2.45) is 0 Å². The summed E-state index contributed by atoms with van der Waals surface area (Å²) in [6, 6.07) is 2.97. The van der Waals surface area contributed by atoms with E-state index >= 15 is 0 Å². The highest BCUT2D eigenvalue weighted by atomic mass is 79.9. The smallest absolute Gasteiger partial charge is 0.244 e. The molecule has 2 rings (SSSR count). The second-order valence-electron chi connectivity index (χ2n) is 5.04. The Morgan fingerprint density at radius 1 is 1.42 bits per heavy atom. The van der Waals surface area contributed by atoms with Crippen LogP contribution in [0.15, 0.2) is 21.5 Å². The molecule has 5 nitrogen and oxygen atoms in total. The van der Waals surface area contributed by atoms with E-state index in [9.17, 15) is 8.42 Å². The zero-order chi connectivity index (χ0) is 14.3. The SMILES string of the molecule is COc1cc(Br)c(N)cc1S(=O)(=O)NC1(C)CCC1. The summed E-state index contributed by atoms with van der Waals surface area (Å²) in [4.78, 5) is 0.0730. The highest BCUT2D eigenvalue weighted by molar-refractivity contribution is 9.10. The van der Waals surface area contributed by atoms with E-state index in [0.717, 1.165) is 19.3 Å². The summed E-state index contributed by atoms with van der Waals surface area (Å²) in [7, 11) is -2.20. The minimum atomic E-state index is -3.64. The topological polar surface area (TPSA) is 81.4 Å². The van der Waals surface area contributed by atoms with Crippen molar-refractivity contribution in [1.29, 1.82) is 0 Å². The van der Waals surface area contributed by atoms with Crippen LogP contribution in [0.3, 0.4) is 0 Å². The number of methoxy groups -OCH3 is 1. The van der Waals surface area contributed by atoms with Gasteiger partial charge in [0, 0.05) is 15.7 Å². The van der Waals surface area contributed by atoms with Crippen molar-refractivity contribution >= 4 is 31.6 Å². The number of sulfonamides is 1. The fourth-order valence-electron chi connectivity index (χ4n) is 2.11. The summed E-state index contributed by atoms with van der Waals surface area (Å²) in [6.45, 7) is 1.91. The maximum atomic E-state index is 12.4. The molecular weight excluding hydrogens is 332 g/mol. The zero-order valence-corrected chi connectivity index (χ0v) is 13.3. The molecule has 7 heteroatoms. The Morgan fingerprint density at radius 2 is 2.05 bits per heavy atom. The predicted molar refractivity (Wildman–Crippen MR) is 77.7 cm³/mol. The lowest BCUT2D eigenvalue weighted by Crippen LogP contribution is -2.50. The van der Waals surface area contributed by atoms with E-state index in [1.165, 1.54) is 13.2 Å². The number of ether oxygens (including phenoxy) is 1. The summed E-state index contributed by atoms with van der Waals surface area (Å²) in [5.41, 5.74) is 5.76. The van der Waals surface area contributed by atoms with Crippen LogP contribution in [0.4, 0.5) is 5.69 Å². The second kappa shape index (κ2) is 4.96. The Labute approximate surface area is 121 Å². The van der Waals surface area contributed by atoms with E-state index in [4.69, 9.17) is 10.5 Å². The van der Waals surface area contributed by atoms with Gasteiger partial charge < -0.3 is 10.5 Å². The summed E-state index contributed by atoms with van der Waals surface area (Å²) < 4.78 is 33.3. The van der Waals surface area contributed by atoms with E-state index < -0.39 is 10.0 Å². The van der Waals surface area contributed by atoms with Gasteiger partial charge in [0.2, 0.25) is 10.0 Å². The molecule has 0 heterocycles. The first kappa shape index (κ1) is 14.6. The zero-order valence-electron chi connectivity index (χ0n) is 10.9. The normalized spacial score (nSPS) is 17.8. The molecule has 1 aliphatic carbocycles. The van der Waals surface area contributed by atoms with Crippen LogP contribution in [0.25, 0.3) is 0 Å². The van der Waals surface area contributed by atoms with Crippen molar-refractivity contribution in [3.8, 4) is 5.75 Å². The third-order valence-corrected chi connectivity index (χ3v) is 5.76. The third kappa shape index (κ3) is 2.88. The quantitative estimate of drug-likeness (QED) is 0.817. The second-order valence-corrected chi connectivity index (χ2v) is 7.55. The monoisotopic (exact) mass is 348 g/mol. The van der Waals surface area contributed by atoms with Crippen LogP contribution in [0.1, 0.15) is 26.2 Å². The standard InChI is InChI=1S/C12H17BrN2O3S/c1-12(4-3-5-12)15-19(16,17)11-7-9(14)8(13)6-10(11)18-2/h6-7,15H,3-5,14H2,1-2H3. The fraction of sp³-hybridized carbons (Fsp3) is 0.500. The molecule has 1 aliphatic rings. The van der Waals surface area contributed by atoms with Gasteiger partial charge in [0.15, 0.2) is 0 Å². The van der Waals surface area contributed by atoms with Gasteiger partial charge >= 0.3 is 0 Å². The van der Waals surface area contributed by atoms with Crippen LogP contribution in [-0.4, -0.2) is 21.1 Å². The third-order valence-electron chi connectivity index (χ3n) is 3.41. The molecule has 19 heavy (non-hydrogen) atoms. The molecule has 1 saturated carbocycles. The fourth-order valence-corrected chi connectivity index (χ4v) is 4.08. The maximum absolute atomic E-state index is 12.4. The molecule has 0 spiro atoms. The average Bonchev–Trinajstić information content (AvgIpc) is 2.29. The molecule has 3 N–H and O–H groups in total. The van der Waals surface area contributed by atoms with Gasteiger partial charge in [-0.05, 0) is 54.2 Å². The summed E-state index contributed by atoms with van der Waals surface area (Å²) in [6.07, 6.45) is 2.74. The Bertz CT molecular complexity index is 597. The van der Waals surface area contributed by atoms with Crippen LogP contribution in [0.2, 0.25) is 0 Å². The molecular formula is C12H17BrN2O3S. The van der Waals surface area contributed by atoms with Crippen LogP contribution in [0, 0.1) is 0 Å². The van der Waals surface area contributed by atoms with Gasteiger partial charge in [-0.1, -0.05) is 0 Å². The number of anilines is 1. The number of rotatable bonds is 4. The first-order valence-electron chi connectivity index (χ1n) is 5.94. The van der Waals surface area contributed by atoms with Crippen LogP contribution in [0.5, 0.6) is 5.75 Å². The predicted octanol–water partition coefficient (Wildman–Crippen LogP) is 2.26. The lowest BCUT2D eigenvalue weighted by Gasteiger charge is -2.38. The largest absolute Gasteiger partial charge is 0.495 e. The molecule has 0 amide bonds. The Balaban J connectivity index is 2.42. The van der Waals surface area contributed by atoms with Crippen molar-refractivity contribution < 1.29 is 13.2 Å². The molecule has 1 fully saturated rings. The Kier molecular flexibility index (Phi) is 3.81. The maximum Gasteiger partial charge on any atom is 0.244 e. The number of hydrogen-bond donors (Lipinski definition) is 2. The van der Waals surface area contributed by atoms with Gasteiger partial charge in [-0.3, -0.25) is 0 Å². The van der Waals surface area contributed by atoms with Crippen LogP contribution in [-0.2, 0) is 10.0 Å². The number of nitrogens with two attached hydrogens (primary N) is 1. The Morgan fingerprint density at radius 3 is 2.53 bits per heavy atom. The molecule has 1 aromatic rings. The van der Waals surface area contributed by atoms with Crippen molar-refractivity contribution in [3.63, 3.8) is 0 Å². The Hall–Kier alpha value is -0.790. The highest BCUT2D eigenvalue weighted by Gasteiger charge is 2.37. The van der Waals surface area contributed by atoms with E-state index in [-0.39, 0.29) is 16.2 Å². The van der Waals surface area contributed by atoms with Crippen molar-refractivity contribution in [2.45, 2.75) is 36.6 Å². The van der Waals surface area contributed by atoms with Crippen molar-refractivity contribution in [2.75, 3.05) is 12.8 Å². The molecule has 0 atom stereocenters. The first-order chi connectivity index (χ1) is 8.77. The molecule has 0 radical (unpaired) electrons. The van der Waals surface area contributed by atoms with Gasteiger partial charge in [-0.15, -0.1) is 0 Å². The number of hydrogen-bond acceptors (Lipinski definition) is 4. The van der Waals surface area contributed by atoms with E-state index in [1.807, 2.05) is 6.92 Å². The lowest BCUT2D eigenvalue weighted by atomic mass is 9.80. The first-order valence-corrected chi connectivity index (χ1v) is 8.22. The van der Waals surface area contributed by atoms with Crippen molar-refractivity contribution in [3.05, 3.63) is 16.6 Å². The number of nitrogens with one attached hydrogen (secondary N) is 1. The van der Waals surface area contributed by atoms with Gasteiger partial charge in [-0.25, -0.2) is 13.1 Å². The minimum absolute atomic E-state index is 0.0730. The molecule has 0 saturated heterocycles. The average molecular weight is 349 g/mol. The molecule has 1 aromatic carbocycles. The van der Waals surface area contributed by atoms with E-state index in [1.54, 1.807) is 6.07 Å². The minimum Gasteiger partial charge on any atom is -0.495 e. The van der Waals surface area contributed by atoms with Crippen LogP contribution >= 0.6 is 15.9 Å². The molecule has 106 valence electrons. The molecule has 0 aromatic heterocycles. The van der Waals surface area contributed by atoms with Crippen molar-refractivity contribution in [1.82, 2.24) is 4.72 Å². The number of halogens is 1. The van der Waals surface area contributed by atoms with Gasteiger partial charge in [0.25, 0.3) is 0 Å². The lowest BCUT2D eigenvalue weighted by molar-refractivity contribution is 0.247. The number of benzene rings is 1. The number of nitrogen functional groups attached to an aromatic ring is 1. The molecule has 0 aliphatic heterocycles. The van der Waals surface area contributed by atoms with Gasteiger partial charge in [0.1, 0.15) is 10.6 Å². The van der Waals surface area contributed by atoms with Gasteiger partial charge in [-0.2, -0.15) is 0 Å². The van der Waals surface area contributed by atoms with E-state index in [2.05, 4.69) is 20.7 Å². The van der Waals surface area contributed by atoms with E-state index in [0.29, 0.717) is 10.2 Å². The van der Waals surface area contributed by atoms with Crippen LogP contribution < -0.4 is 15.2 Å². The summed E-state index contributed by atoms with van der Waals surface area (Å²) in [5.74, 6) is 0.275.